The van der Waals surface area contributed by atoms with E-state index in [-0.39, 0.29) is 58.6 Å². The molecule has 0 saturated carbocycles. The van der Waals surface area contributed by atoms with Crippen molar-refractivity contribution in [3.05, 3.63) is 0 Å². The van der Waals surface area contributed by atoms with Crippen LogP contribution in [-0.2, 0) is 9.59 Å². The maximum Gasteiger partial charge on any atom is 2.00 e. The van der Waals surface area contributed by atoms with E-state index in [4.69, 9.17) is 0 Å². The van der Waals surface area contributed by atoms with E-state index in [1.54, 1.807) is 0 Å². The van der Waals surface area contributed by atoms with Gasteiger partial charge in [0, 0.05) is 10.8 Å². The van der Waals surface area contributed by atoms with Gasteiger partial charge >= 0.3 is 37.7 Å². The summed E-state index contributed by atoms with van der Waals surface area (Å²) in [4.78, 5) is 23.0. The van der Waals surface area contributed by atoms with Crippen molar-refractivity contribution in [2.45, 2.75) is 48.0 Å². The van der Waals surface area contributed by atoms with Crippen LogP contribution in [0.2, 0.25) is 0 Å². The van der Waals surface area contributed by atoms with Gasteiger partial charge in [0.15, 0.2) is 0 Å². The fourth-order valence-corrected chi connectivity index (χ4v) is 0.676. The van der Waals surface area contributed by atoms with Gasteiger partial charge in [-0.15, -0.1) is 0 Å². The fraction of sp³-hybridized carbons (Fsp3) is 0.818. The van der Waals surface area contributed by atoms with Crippen molar-refractivity contribution in [3.63, 3.8) is 0 Å². The van der Waals surface area contributed by atoms with Crippen molar-refractivity contribution >= 4 is 49.3 Å². The molecule has 0 spiro atoms. The summed E-state index contributed by atoms with van der Waals surface area (Å²) in [5.41, 5.74) is -0.804. The summed E-state index contributed by atoms with van der Waals surface area (Å²) < 4.78 is 0. The van der Waals surface area contributed by atoms with Crippen LogP contribution < -0.4 is 0 Å². The molecule has 0 aliphatic carbocycles. The van der Waals surface area contributed by atoms with Gasteiger partial charge in [0.25, 0.3) is 0 Å². The Bertz CT molecular complexity index is 203. The summed E-state index contributed by atoms with van der Waals surface area (Å²) in [6.45, 7) is 11.0. The van der Waals surface area contributed by atoms with Crippen LogP contribution in [0.25, 0.3) is 0 Å². The summed E-state index contributed by atoms with van der Waals surface area (Å²) in [6.07, 6.45) is 0.0625. The average molecular weight is 226 g/mol. The first-order valence-electron chi connectivity index (χ1n) is 4.62. The molecular formula is C11H22CaO2. The normalized spacial score (nSPS) is 11.9. The van der Waals surface area contributed by atoms with Crippen LogP contribution in [0.15, 0.2) is 0 Å². The summed E-state index contributed by atoms with van der Waals surface area (Å²) in [5, 5.41) is 0. The zero-order chi connectivity index (χ0) is 10.9. The van der Waals surface area contributed by atoms with Crippen LogP contribution in [-0.4, -0.2) is 49.3 Å². The predicted molar refractivity (Wildman–Crippen MR) is 61.5 cm³/mol. The Labute approximate surface area is 120 Å². The first kappa shape index (κ1) is 17.0. The van der Waals surface area contributed by atoms with Crippen LogP contribution >= 0.6 is 0 Å². The number of Topliss-reactive ketones (excluding diaryl/α,β-unsaturated/α-hetero) is 2. The van der Waals surface area contributed by atoms with Gasteiger partial charge in [-0.2, -0.15) is 0 Å². The SMILES string of the molecule is CC(C)(C)C(=O)CC(=O)C(C)(C)C.[Ca+2].[H-].[H-]. The van der Waals surface area contributed by atoms with Crippen molar-refractivity contribution in [3.8, 4) is 0 Å². The maximum atomic E-state index is 11.5. The Balaban J connectivity index is -0.000000240. The van der Waals surface area contributed by atoms with E-state index < -0.39 is 10.8 Å². The Morgan fingerprint density at radius 2 is 1.07 bits per heavy atom. The molecule has 0 aliphatic rings. The van der Waals surface area contributed by atoms with E-state index in [0.29, 0.717) is 0 Å². The van der Waals surface area contributed by atoms with Gasteiger partial charge in [-0.05, 0) is 0 Å². The number of hydrogen-bond donors (Lipinski definition) is 0. The van der Waals surface area contributed by atoms with Crippen molar-refractivity contribution in [1.29, 1.82) is 0 Å². The molecular weight excluding hydrogens is 204 g/mol. The van der Waals surface area contributed by atoms with Crippen LogP contribution in [0.4, 0.5) is 0 Å². The third kappa shape index (κ3) is 6.15. The molecule has 0 aromatic rings. The molecule has 0 aromatic carbocycles. The number of rotatable bonds is 2. The third-order valence-corrected chi connectivity index (χ3v) is 1.99. The van der Waals surface area contributed by atoms with Gasteiger partial charge in [0.05, 0.1) is 6.42 Å². The Morgan fingerprint density at radius 1 is 0.857 bits per heavy atom. The molecule has 2 nitrogen and oxygen atoms in total. The molecule has 0 amide bonds. The molecule has 0 radical (unpaired) electrons. The predicted octanol–water partition coefficient (Wildman–Crippen LogP) is 2.45. The summed E-state index contributed by atoms with van der Waals surface area (Å²) in [5.74, 6) is 0.0415. The molecule has 0 aliphatic heterocycles. The second-order valence-corrected chi connectivity index (χ2v) is 5.52. The van der Waals surface area contributed by atoms with Crippen molar-refractivity contribution in [1.82, 2.24) is 0 Å². The fourth-order valence-electron chi connectivity index (χ4n) is 0.676. The Morgan fingerprint density at radius 3 is 1.21 bits per heavy atom. The van der Waals surface area contributed by atoms with Crippen molar-refractivity contribution < 1.29 is 12.4 Å². The summed E-state index contributed by atoms with van der Waals surface area (Å²) >= 11 is 0. The standard InChI is InChI=1S/C11H20O2.Ca.2H/c1-10(2,3)8(12)7-9(13)11(4,5)6;;;/h7H2,1-6H3;;;/q;+2;2*-1. The van der Waals surface area contributed by atoms with Crippen molar-refractivity contribution in [2.24, 2.45) is 10.8 Å². The average Bonchev–Trinajstić information content (AvgIpc) is 1.82. The molecule has 0 saturated heterocycles. The van der Waals surface area contributed by atoms with Gasteiger partial charge in [-0.1, -0.05) is 41.5 Å². The second-order valence-electron chi connectivity index (χ2n) is 5.52. The molecule has 0 aromatic heterocycles. The molecule has 3 heteroatoms. The topological polar surface area (TPSA) is 34.1 Å². The van der Waals surface area contributed by atoms with Crippen molar-refractivity contribution in [2.75, 3.05) is 0 Å². The smallest absolute Gasteiger partial charge is 1.00 e. The Kier molecular flexibility index (Phi) is 6.83. The first-order valence-corrected chi connectivity index (χ1v) is 4.62. The van der Waals surface area contributed by atoms with Crippen LogP contribution in [0.1, 0.15) is 50.8 Å². The zero-order valence-electron chi connectivity index (χ0n) is 12.2. The first-order chi connectivity index (χ1) is 5.55. The second kappa shape index (κ2) is 5.62. The molecule has 0 atom stereocenters. The van der Waals surface area contributed by atoms with E-state index in [0.717, 1.165) is 0 Å². The van der Waals surface area contributed by atoms with E-state index in [1.807, 2.05) is 41.5 Å². The monoisotopic (exact) mass is 226 g/mol. The molecule has 80 valence electrons. The van der Waals surface area contributed by atoms with E-state index in [9.17, 15) is 9.59 Å². The van der Waals surface area contributed by atoms with Gasteiger partial charge < -0.3 is 2.85 Å². The number of carbonyl (C=O) groups excluding carboxylic acids is 2. The van der Waals surface area contributed by atoms with E-state index >= 15 is 0 Å². The minimum atomic E-state index is -0.402. The van der Waals surface area contributed by atoms with Gasteiger partial charge in [0.2, 0.25) is 0 Å². The minimum absolute atomic E-state index is 0. The maximum absolute atomic E-state index is 11.5. The molecule has 0 bridgehead atoms. The molecule has 0 heterocycles. The Hall–Kier alpha value is 0.600. The number of hydrogen-bond acceptors (Lipinski definition) is 2. The molecule has 0 unspecified atom stereocenters. The van der Waals surface area contributed by atoms with Crippen LogP contribution in [0, 0.1) is 10.8 Å². The molecule has 0 N–H and O–H groups in total. The summed E-state index contributed by atoms with van der Waals surface area (Å²) in [7, 11) is 0. The minimum Gasteiger partial charge on any atom is -1.00 e. The quantitative estimate of drug-likeness (QED) is 0.535. The van der Waals surface area contributed by atoms with Gasteiger partial charge in [-0.25, -0.2) is 0 Å². The number of carbonyl (C=O) groups is 2. The zero-order valence-corrected chi connectivity index (χ0v) is 12.4. The largest absolute Gasteiger partial charge is 2.00 e. The number of ketones is 2. The van der Waals surface area contributed by atoms with Crippen LogP contribution in [0.3, 0.4) is 0 Å². The van der Waals surface area contributed by atoms with E-state index in [2.05, 4.69) is 0 Å². The van der Waals surface area contributed by atoms with Gasteiger partial charge in [-0.3, -0.25) is 9.59 Å². The summed E-state index contributed by atoms with van der Waals surface area (Å²) in [6, 6.07) is 0. The molecule has 14 heavy (non-hydrogen) atoms. The third-order valence-electron chi connectivity index (χ3n) is 1.99. The van der Waals surface area contributed by atoms with Gasteiger partial charge in [0.1, 0.15) is 11.6 Å². The van der Waals surface area contributed by atoms with Crippen LogP contribution in [0.5, 0.6) is 0 Å². The van der Waals surface area contributed by atoms with E-state index in [1.165, 1.54) is 0 Å². The molecule has 0 rings (SSSR count). The molecule has 0 fully saturated rings.